The van der Waals surface area contributed by atoms with Crippen molar-refractivity contribution in [2.45, 2.75) is 26.3 Å². The van der Waals surface area contributed by atoms with Gasteiger partial charge in [-0.25, -0.2) is 4.79 Å². The number of ether oxygens (including phenoxy) is 1. The molecule has 1 aliphatic heterocycles. The first kappa shape index (κ1) is 14.2. The lowest BCUT2D eigenvalue weighted by molar-refractivity contribution is 0.164. The molecule has 0 saturated carbocycles. The third-order valence-corrected chi connectivity index (χ3v) is 3.26. The highest BCUT2D eigenvalue weighted by molar-refractivity contribution is 5.73. The Morgan fingerprint density at radius 2 is 2.15 bits per heavy atom. The van der Waals surface area contributed by atoms with Crippen molar-refractivity contribution in [1.29, 1.82) is 0 Å². The Hall–Kier alpha value is -2.25. The fraction of sp³-hybridized carbons (Fsp3) is 0.294. The van der Waals surface area contributed by atoms with Crippen molar-refractivity contribution in [2.75, 3.05) is 6.61 Å². The van der Waals surface area contributed by atoms with Crippen LogP contribution in [0.15, 0.2) is 60.0 Å². The van der Waals surface area contributed by atoms with Gasteiger partial charge in [-0.05, 0) is 19.4 Å². The van der Waals surface area contributed by atoms with Gasteiger partial charge in [0.05, 0.1) is 11.7 Å². The van der Waals surface area contributed by atoms with Crippen LogP contribution in [0.2, 0.25) is 0 Å². The van der Waals surface area contributed by atoms with Gasteiger partial charge in [0.15, 0.2) is 0 Å². The van der Waals surface area contributed by atoms with Crippen molar-refractivity contribution >= 4 is 6.09 Å². The van der Waals surface area contributed by atoms with E-state index in [0.29, 0.717) is 13.0 Å². The minimum absolute atomic E-state index is 0.0986. The summed E-state index contributed by atoms with van der Waals surface area (Å²) in [4.78, 5) is 13.7. The smallest absolute Gasteiger partial charge is 0.415 e. The molecule has 1 aliphatic rings. The van der Waals surface area contributed by atoms with E-state index in [0.717, 1.165) is 11.3 Å². The van der Waals surface area contributed by atoms with Crippen LogP contribution in [0, 0.1) is 0 Å². The maximum absolute atomic E-state index is 12.0. The van der Waals surface area contributed by atoms with E-state index in [1.54, 1.807) is 4.90 Å². The van der Waals surface area contributed by atoms with E-state index in [4.69, 9.17) is 4.74 Å². The fourth-order valence-electron chi connectivity index (χ4n) is 2.20. The van der Waals surface area contributed by atoms with Gasteiger partial charge in [-0.3, -0.25) is 4.90 Å². The zero-order valence-corrected chi connectivity index (χ0v) is 11.9. The van der Waals surface area contributed by atoms with Gasteiger partial charge in [0.2, 0.25) is 0 Å². The summed E-state index contributed by atoms with van der Waals surface area (Å²) in [5, 5.41) is 0. The standard InChI is InChI=1S/C17H19NO2/c1-4-15(11-10-13(2)3)18-16(12-20-17(18)19)14-8-6-5-7-9-14/h5-10,16H,1,11-12H2,2-3H3/t16-/m0/s1. The quantitative estimate of drug-likeness (QED) is 0.605. The number of allylic oxidation sites excluding steroid dienone is 2. The molecule has 3 heteroatoms. The third kappa shape index (κ3) is 3.01. The summed E-state index contributed by atoms with van der Waals surface area (Å²) in [5.74, 6) is 0. The van der Waals surface area contributed by atoms with Crippen LogP contribution in [0.5, 0.6) is 0 Å². The predicted molar refractivity (Wildman–Crippen MR) is 79.1 cm³/mol. The van der Waals surface area contributed by atoms with Crippen molar-refractivity contribution in [3.63, 3.8) is 0 Å². The van der Waals surface area contributed by atoms with Crippen LogP contribution in [-0.2, 0) is 4.74 Å². The number of hydrogen-bond acceptors (Lipinski definition) is 2. The molecule has 0 bridgehead atoms. The maximum atomic E-state index is 12.0. The van der Waals surface area contributed by atoms with E-state index < -0.39 is 0 Å². The highest BCUT2D eigenvalue weighted by atomic mass is 16.6. The molecule has 0 N–H and O–H groups in total. The molecule has 1 aromatic carbocycles. The first-order valence-electron chi connectivity index (χ1n) is 6.66. The van der Waals surface area contributed by atoms with Crippen molar-refractivity contribution < 1.29 is 9.53 Å². The Kier molecular flexibility index (Phi) is 4.44. The van der Waals surface area contributed by atoms with Gasteiger partial charge < -0.3 is 4.74 Å². The van der Waals surface area contributed by atoms with Crippen LogP contribution in [0.1, 0.15) is 31.9 Å². The van der Waals surface area contributed by atoms with Crippen LogP contribution in [0.3, 0.4) is 0 Å². The minimum Gasteiger partial charge on any atom is -0.447 e. The average Bonchev–Trinajstić information content (AvgIpc) is 2.83. The summed E-state index contributed by atoms with van der Waals surface area (Å²) < 4.78 is 5.20. The van der Waals surface area contributed by atoms with Gasteiger partial charge >= 0.3 is 6.09 Å². The number of cyclic esters (lactones) is 1. The lowest BCUT2D eigenvalue weighted by Gasteiger charge is -2.22. The van der Waals surface area contributed by atoms with Crippen LogP contribution in [0.4, 0.5) is 4.79 Å². The number of nitrogens with zero attached hydrogens (tertiary/aromatic N) is 1. The zero-order chi connectivity index (χ0) is 14.5. The average molecular weight is 269 g/mol. The van der Waals surface area contributed by atoms with E-state index in [1.807, 2.05) is 44.2 Å². The number of rotatable bonds is 4. The molecule has 20 heavy (non-hydrogen) atoms. The van der Waals surface area contributed by atoms with Crippen molar-refractivity contribution in [1.82, 2.24) is 4.90 Å². The highest BCUT2D eigenvalue weighted by Crippen LogP contribution is 2.32. The van der Waals surface area contributed by atoms with Crippen LogP contribution >= 0.6 is 0 Å². The number of hydrogen-bond donors (Lipinski definition) is 0. The number of carbonyl (C=O) groups excluding carboxylic acids is 1. The molecule has 0 aliphatic carbocycles. The highest BCUT2D eigenvalue weighted by Gasteiger charge is 2.36. The molecule has 1 amide bonds. The monoisotopic (exact) mass is 269 g/mol. The van der Waals surface area contributed by atoms with E-state index in [2.05, 4.69) is 18.4 Å². The summed E-state index contributed by atoms with van der Waals surface area (Å²) in [5.41, 5.74) is 5.88. The normalized spacial score (nSPS) is 17.4. The molecular weight excluding hydrogens is 250 g/mol. The first-order chi connectivity index (χ1) is 9.63. The van der Waals surface area contributed by atoms with Crippen molar-refractivity contribution in [3.8, 4) is 0 Å². The molecule has 1 atom stereocenters. The molecule has 0 spiro atoms. The topological polar surface area (TPSA) is 29.5 Å². The molecule has 0 radical (unpaired) electrons. The van der Waals surface area contributed by atoms with Gasteiger partial charge in [-0.2, -0.15) is 0 Å². The van der Waals surface area contributed by atoms with Gasteiger partial charge in [0.1, 0.15) is 6.61 Å². The number of benzene rings is 1. The SMILES string of the molecule is C=C=C(CC=C(C)C)N1C(=O)OC[C@H]1c1ccccc1. The lowest BCUT2D eigenvalue weighted by atomic mass is 10.1. The van der Waals surface area contributed by atoms with Crippen molar-refractivity contribution in [2.24, 2.45) is 0 Å². The van der Waals surface area contributed by atoms with Crippen LogP contribution in [-0.4, -0.2) is 17.6 Å². The maximum Gasteiger partial charge on any atom is 0.415 e. The Balaban J connectivity index is 2.29. The summed E-state index contributed by atoms with van der Waals surface area (Å²) in [6.07, 6.45) is 2.36. The molecule has 0 unspecified atom stereocenters. The second-order valence-electron chi connectivity index (χ2n) is 4.98. The van der Waals surface area contributed by atoms with Crippen LogP contribution in [0.25, 0.3) is 0 Å². The Labute approximate surface area is 119 Å². The molecule has 1 saturated heterocycles. The molecule has 1 heterocycles. The molecule has 2 rings (SSSR count). The summed E-state index contributed by atoms with van der Waals surface area (Å²) in [6, 6.07) is 9.79. The Bertz CT molecular complexity index is 564. The molecule has 3 nitrogen and oxygen atoms in total. The van der Waals surface area contributed by atoms with Crippen molar-refractivity contribution in [3.05, 3.63) is 65.6 Å². The third-order valence-electron chi connectivity index (χ3n) is 3.26. The number of carbonyl (C=O) groups is 1. The second kappa shape index (κ2) is 6.27. The summed E-state index contributed by atoms with van der Waals surface area (Å²) >= 11 is 0. The Morgan fingerprint density at radius 3 is 2.75 bits per heavy atom. The lowest BCUT2D eigenvalue weighted by Crippen LogP contribution is -2.26. The second-order valence-corrected chi connectivity index (χ2v) is 4.98. The van der Waals surface area contributed by atoms with E-state index in [1.165, 1.54) is 5.57 Å². The Morgan fingerprint density at radius 1 is 1.45 bits per heavy atom. The summed E-state index contributed by atoms with van der Waals surface area (Å²) in [6.45, 7) is 8.12. The van der Waals surface area contributed by atoms with E-state index in [9.17, 15) is 4.79 Å². The number of amides is 1. The molecule has 1 aromatic rings. The molecule has 104 valence electrons. The van der Waals surface area contributed by atoms with Gasteiger partial charge in [-0.1, -0.05) is 48.6 Å². The van der Waals surface area contributed by atoms with E-state index in [-0.39, 0.29) is 12.1 Å². The fourth-order valence-corrected chi connectivity index (χ4v) is 2.20. The van der Waals surface area contributed by atoms with E-state index >= 15 is 0 Å². The van der Waals surface area contributed by atoms with Gasteiger partial charge in [0.25, 0.3) is 0 Å². The molecular formula is C17H19NO2. The first-order valence-corrected chi connectivity index (χ1v) is 6.66. The molecule has 0 aromatic heterocycles. The van der Waals surface area contributed by atoms with Gasteiger partial charge in [-0.15, -0.1) is 5.73 Å². The van der Waals surface area contributed by atoms with Gasteiger partial charge in [0, 0.05) is 6.42 Å². The predicted octanol–water partition coefficient (Wildman–Crippen LogP) is 4.21. The van der Waals surface area contributed by atoms with Crippen LogP contribution < -0.4 is 0 Å². The molecule has 1 fully saturated rings. The summed E-state index contributed by atoms with van der Waals surface area (Å²) in [7, 11) is 0. The zero-order valence-electron chi connectivity index (χ0n) is 11.9. The minimum atomic E-state index is -0.327. The largest absolute Gasteiger partial charge is 0.447 e.